The van der Waals surface area contributed by atoms with Crippen LogP contribution >= 0.6 is 0 Å². The van der Waals surface area contributed by atoms with Crippen LogP contribution in [0.5, 0.6) is 5.75 Å². The van der Waals surface area contributed by atoms with Crippen molar-refractivity contribution in [2.24, 2.45) is 0 Å². The Balaban J connectivity index is 0.886. The second-order valence-electron chi connectivity index (χ2n) is 15.9. The molecule has 0 saturated heterocycles. The van der Waals surface area contributed by atoms with Crippen LogP contribution in [-0.2, 0) is 6.42 Å². The van der Waals surface area contributed by atoms with Gasteiger partial charge in [-0.15, -0.1) is 0 Å². The molecule has 4 heteroatoms. The third-order valence-electron chi connectivity index (χ3n) is 12.4. The van der Waals surface area contributed by atoms with Gasteiger partial charge in [0.2, 0.25) is 0 Å². The highest BCUT2D eigenvalue weighted by atomic mass is 16.5. The maximum absolute atomic E-state index is 6.59. The average molecular weight is 771 g/mol. The maximum atomic E-state index is 6.59. The van der Waals surface area contributed by atoms with E-state index in [1.807, 2.05) is 6.07 Å². The van der Waals surface area contributed by atoms with E-state index in [0.717, 1.165) is 106 Å². The van der Waals surface area contributed by atoms with Gasteiger partial charge in [0.05, 0.1) is 6.61 Å². The average Bonchev–Trinajstić information content (AvgIpc) is 3.94. The lowest BCUT2D eigenvalue weighted by atomic mass is 9.92. The summed E-state index contributed by atoms with van der Waals surface area (Å²) in [6.45, 7) is 0.604. The largest absolute Gasteiger partial charge is 0.493 e. The molecule has 0 radical (unpaired) electrons. The van der Waals surface area contributed by atoms with Crippen LogP contribution in [0, 0.1) is 0 Å². The summed E-state index contributed by atoms with van der Waals surface area (Å²) in [5.41, 5.74) is 18.0. The molecule has 1 aliphatic rings. The molecule has 0 aliphatic carbocycles. The van der Waals surface area contributed by atoms with Crippen LogP contribution in [0.1, 0.15) is 5.56 Å². The molecule has 0 atom stereocenters. The van der Waals surface area contributed by atoms with Gasteiger partial charge in [0.25, 0.3) is 0 Å². The van der Waals surface area contributed by atoms with Gasteiger partial charge in [0.1, 0.15) is 39.2 Å². The van der Waals surface area contributed by atoms with Gasteiger partial charge in [0.15, 0.2) is 0 Å². The van der Waals surface area contributed by atoms with Gasteiger partial charge >= 0.3 is 0 Å². The van der Waals surface area contributed by atoms with Crippen molar-refractivity contribution >= 4 is 65.8 Å². The minimum atomic E-state index is 0.604. The summed E-state index contributed by atoms with van der Waals surface area (Å²) in [5.74, 6) is 0.872. The molecule has 0 amide bonds. The minimum Gasteiger partial charge on any atom is -0.493 e. The van der Waals surface area contributed by atoms with E-state index in [0.29, 0.717) is 6.61 Å². The molecule has 60 heavy (non-hydrogen) atoms. The summed E-state index contributed by atoms with van der Waals surface area (Å²) in [4.78, 5) is 0. The standard InChI is InChI=1S/C56H34O4/c1-3-7-33(8-4-1)36-13-18-50-43(26-36)45-28-39(15-20-52(45)58-50)38-12-11-35-23-24-57-55-31-49-47-30-41(17-22-54(47)60-56(49)32-48(55)42(35)25-38)40-16-21-53-46(29-40)44-27-37(14-19-51(44)59-53)34-9-5-2-6-10-34/h1-22,25-32H,23-24H2. The van der Waals surface area contributed by atoms with E-state index in [9.17, 15) is 0 Å². The first kappa shape index (κ1) is 33.2. The van der Waals surface area contributed by atoms with Crippen LogP contribution in [0.2, 0.25) is 0 Å². The van der Waals surface area contributed by atoms with Crippen molar-refractivity contribution in [1.29, 1.82) is 0 Å². The Morgan fingerprint density at radius 3 is 1.13 bits per heavy atom. The number of furan rings is 3. The zero-order valence-electron chi connectivity index (χ0n) is 32.4. The van der Waals surface area contributed by atoms with Crippen LogP contribution in [0.3, 0.4) is 0 Å². The lowest BCUT2D eigenvalue weighted by Crippen LogP contribution is -1.98. The van der Waals surface area contributed by atoms with E-state index >= 15 is 0 Å². The van der Waals surface area contributed by atoms with Gasteiger partial charge in [-0.05, 0) is 134 Å². The topological polar surface area (TPSA) is 48.7 Å². The summed E-state index contributed by atoms with van der Waals surface area (Å²) < 4.78 is 25.7. The van der Waals surface area contributed by atoms with E-state index < -0.39 is 0 Å². The van der Waals surface area contributed by atoms with Gasteiger partial charge in [-0.3, -0.25) is 0 Å². The molecular weight excluding hydrogens is 737 g/mol. The number of hydrogen-bond acceptors (Lipinski definition) is 4. The normalized spacial score (nSPS) is 12.7. The molecule has 12 aromatic rings. The fraction of sp³-hybridized carbons (Fsp3) is 0.0357. The van der Waals surface area contributed by atoms with Crippen molar-refractivity contribution in [1.82, 2.24) is 0 Å². The van der Waals surface area contributed by atoms with Gasteiger partial charge in [-0.2, -0.15) is 0 Å². The smallest absolute Gasteiger partial charge is 0.136 e. The highest BCUT2D eigenvalue weighted by Gasteiger charge is 2.21. The maximum Gasteiger partial charge on any atom is 0.136 e. The highest BCUT2D eigenvalue weighted by Crippen LogP contribution is 2.44. The molecular formula is C56H34O4. The fourth-order valence-electron chi connectivity index (χ4n) is 9.34. The molecule has 0 unspecified atom stereocenters. The Bertz CT molecular complexity index is 3680. The fourth-order valence-corrected chi connectivity index (χ4v) is 9.34. The second kappa shape index (κ2) is 12.8. The predicted octanol–water partition coefficient (Wildman–Crippen LogP) is 15.7. The van der Waals surface area contributed by atoms with Crippen LogP contribution in [0.4, 0.5) is 0 Å². The molecule has 9 aromatic carbocycles. The third-order valence-corrected chi connectivity index (χ3v) is 12.4. The SMILES string of the molecule is c1ccc(-c2ccc3oc4ccc(-c5ccc6c(c5)-c5cc7oc8ccc(-c9ccc%10oc%11ccc(-c%12ccccc%12)cc%11c%10c9)cc8c7cc5OCC6)cc4c3c2)cc1. The van der Waals surface area contributed by atoms with E-state index in [2.05, 4.69) is 176 Å². The quantitative estimate of drug-likeness (QED) is 0.179. The van der Waals surface area contributed by atoms with E-state index in [1.54, 1.807) is 0 Å². The van der Waals surface area contributed by atoms with Crippen molar-refractivity contribution in [2.45, 2.75) is 6.42 Å². The van der Waals surface area contributed by atoms with Crippen LogP contribution in [0.25, 0.3) is 121 Å². The molecule has 4 heterocycles. The summed E-state index contributed by atoms with van der Waals surface area (Å²) in [6.07, 6.45) is 0.822. The summed E-state index contributed by atoms with van der Waals surface area (Å²) in [5, 5.41) is 6.54. The number of fused-ring (bicyclic) bond motifs is 12. The molecule has 282 valence electrons. The molecule has 0 bridgehead atoms. The van der Waals surface area contributed by atoms with E-state index in [4.69, 9.17) is 18.0 Å². The van der Waals surface area contributed by atoms with Crippen LogP contribution < -0.4 is 4.74 Å². The first-order valence-electron chi connectivity index (χ1n) is 20.5. The van der Waals surface area contributed by atoms with E-state index in [1.165, 1.54) is 33.4 Å². The lowest BCUT2D eigenvalue weighted by molar-refractivity contribution is 0.327. The highest BCUT2D eigenvalue weighted by molar-refractivity contribution is 6.11. The Morgan fingerprint density at radius 1 is 0.283 bits per heavy atom. The molecule has 0 spiro atoms. The lowest BCUT2D eigenvalue weighted by Gasteiger charge is -2.11. The molecule has 0 fully saturated rings. The van der Waals surface area contributed by atoms with Crippen molar-refractivity contribution in [3.05, 3.63) is 188 Å². The minimum absolute atomic E-state index is 0.604. The Hall–Kier alpha value is -7.82. The number of benzene rings is 9. The molecule has 0 saturated carbocycles. The van der Waals surface area contributed by atoms with Crippen LogP contribution in [-0.4, -0.2) is 6.61 Å². The Kier molecular flexibility index (Phi) is 7.10. The first-order chi connectivity index (χ1) is 29.7. The molecule has 4 nitrogen and oxygen atoms in total. The summed E-state index contributed by atoms with van der Waals surface area (Å²) >= 11 is 0. The van der Waals surface area contributed by atoms with Crippen molar-refractivity contribution < 1.29 is 18.0 Å². The van der Waals surface area contributed by atoms with E-state index in [-0.39, 0.29) is 0 Å². The van der Waals surface area contributed by atoms with Crippen molar-refractivity contribution in [3.8, 4) is 61.4 Å². The van der Waals surface area contributed by atoms with Crippen LogP contribution in [0.15, 0.2) is 195 Å². The third kappa shape index (κ3) is 5.24. The Labute approximate surface area is 344 Å². The predicted molar refractivity (Wildman–Crippen MR) is 245 cm³/mol. The molecule has 1 aliphatic heterocycles. The molecule has 3 aromatic heterocycles. The zero-order chi connectivity index (χ0) is 39.3. The summed E-state index contributed by atoms with van der Waals surface area (Å²) in [7, 11) is 0. The molecule has 13 rings (SSSR count). The van der Waals surface area contributed by atoms with Crippen molar-refractivity contribution in [3.63, 3.8) is 0 Å². The number of rotatable bonds is 4. The summed E-state index contributed by atoms with van der Waals surface area (Å²) in [6, 6.07) is 64.5. The van der Waals surface area contributed by atoms with Gasteiger partial charge in [-0.25, -0.2) is 0 Å². The number of ether oxygens (including phenoxy) is 1. The zero-order valence-corrected chi connectivity index (χ0v) is 32.4. The van der Waals surface area contributed by atoms with Gasteiger partial charge < -0.3 is 18.0 Å². The van der Waals surface area contributed by atoms with Gasteiger partial charge in [-0.1, -0.05) is 103 Å². The van der Waals surface area contributed by atoms with Gasteiger partial charge in [0, 0.05) is 44.3 Å². The first-order valence-corrected chi connectivity index (χ1v) is 20.5. The second-order valence-corrected chi connectivity index (χ2v) is 15.9. The number of hydrogen-bond donors (Lipinski definition) is 0. The monoisotopic (exact) mass is 770 g/mol. The van der Waals surface area contributed by atoms with Crippen molar-refractivity contribution in [2.75, 3.05) is 6.61 Å². The Morgan fingerprint density at radius 2 is 0.667 bits per heavy atom. The molecule has 0 N–H and O–H groups in total.